The van der Waals surface area contributed by atoms with E-state index < -0.39 is 10.0 Å². The topological polar surface area (TPSA) is 69.4 Å². The Labute approximate surface area is 134 Å². The van der Waals surface area contributed by atoms with Crippen molar-refractivity contribution in [3.8, 4) is 5.75 Å². The standard InChI is InChI=1S/C13H11Br2NO3S/c14-10-3-1-2-9(6-10)8-19-13-5-4-11(7-12(13)15)20(16,17)18/h1-7H,8H2,(H2,16,17,18). The summed E-state index contributed by atoms with van der Waals surface area (Å²) in [5.74, 6) is 0.553. The fraction of sp³-hybridized carbons (Fsp3) is 0.0769. The van der Waals surface area contributed by atoms with Gasteiger partial charge in [-0.05, 0) is 51.8 Å². The molecule has 7 heteroatoms. The summed E-state index contributed by atoms with van der Waals surface area (Å²) in [4.78, 5) is 0.0409. The number of hydrogen-bond donors (Lipinski definition) is 1. The largest absolute Gasteiger partial charge is 0.488 e. The number of primary sulfonamides is 1. The minimum Gasteiger partial charge on any atom is -0.488 e. The van der Waals surface area contributed by atoms with Crippen LogP contribution in [0.2, 0.25) is 0 Å². The molecule has 0 bridgehead atoms. The summed E-state index contributed by atoms with van der Waals surface area (Å²) in [6.45, 7) is 0.382. The molecule has 0 unspecified atom stereocenters. The summed E-state index contributed by atoms with van der Waals surface area (Å²) in [5, 5.41) is 5.06. The van der Waals surface area contributed by atoms with Crippen LogP contribution in [0.1, 0.15) is 5.56 Å². The minimum absolute atomic E-state index is 0.0409. The van der Waals surface area contributed by atoms with Gasteiger partial charge in [-0.2, -0.15) is 0 Å². The van der Waals surface area contributed by atoms with Crippen molar-refractivity contribution in [3.63, 3.8) is 0 Å². The van der Waals surface area contributed by atoms with Gasteiger partial charge in [0.2, 0.25) is 10.0 Å². The molecule has 0 fully saturated rings. The maximum Gasteiger partial charge on any atom is 0.238 e. The van der Waals surface area contributed by atoms with E-state index in [2.05, 4.69) is 31.9 Å². The predicted octanol–water partition coefficient (Wildman–Crippen LogP) is 3.44. The van der Waals surface area contributed by atoms with E-state index in [0.29, 0.717) is 16.8 Å². The molecule has 0 aliphatic rings. The molecule has 0 spiro atoms. The maximum absolute atomic E-state index is 11.2. The molecule has 0 heterocycles. The van der Waals surface area contributed by atoms with Gasteiger partial charge in [0.15, 0.2) is 0 Å². The van der Waals surface area contributed by atoms with Gasteiger partial charge in [-0.15, -0.1) is 0 Å². The van der Waals surface area contributed by atoms with Gasteiger partial charge in [0.25, 0.3) is 0 Å². The Morgan fingerprint density at radius 2 is 1.85 bits per heavy atom. The lowest BCUT2D eigenvalue weighted by atomic mass is 10.2. The van der Waals surface area contributed by atoms with Crippen LogP contribution in [-0.4, -0.2) is 8.42 Å². The molecule has 2 N–H and O–H groups in total. The molecular weight excluding hydrogens is 410 g/mol. The first-order valence-electron chi connectivity index (χ1n) is 5.56. The lowest BCUT2D eigenvalue weighted by molar-refractivity contribution is 0.304. The number of halogens is 2. The highest BCUT2D eigenvalue weighted by atomic mass is 79.9. The molecule has 106 valence electrons. The third kappa shape index (κ3) is 4.05. The summed E-state index contributed by atoms with van der Waals surface area (Å²) in [6, 6.07) is 12.1. The quantitative estimate of drug-likeness (QED) is 0.823. The second kappa shape index (κ2) is 6.26. The lowest BCUT2D eigenvalue weighted by Crippen LogP contribution is -2.12. The van der Waals surface area contributed by atoms with Gasteiger partial charge in [-0.3, -0.25) is 0 Å². The third-order valence-electron chi connectivity index (χ3n) is 2.52. The highest BCUT2D eigenvalue weighted by Gasteiger charge is 2.11. The van der Waals surface area contributed by atoms with E-state index in [1.807, 2.05) is 24.3 Å². The molecule has 2 rings (SSSR count). The van der Waals surface area contributed by atoms with Gasteiger partial charge in [0.05, 0.1) is 9.37 Å². The second-order valence-corrected chi connectivity index (χ2v) is 7.39. The Morgan fingerprint density at radius 3 is 2.45 bits per heavy atom. The van der Waals surface area contributed by atoms with Crippen LogP contribution in [0, 0.1) is 0 Å². The number of hydrogen-bond acceptors (Lipinski definition) is 3. The molecule has 4 nitrogen and oxygen atoms in total. The van der Waals surface area contributed by atoms with Crippen LogP contribution in [0.5, 0.6) is 5.75 Å². The molecule has 20 heavy (non-hydrogen) atoms. The lowest BCUT2D eigenvalue weighted by Gasteiger charge is -2.09. The Balaban J connectivity index is 2.15. The fourth-order valence-electron chi connectivity index (χ4n) is 1.56. The summed E-state index contributed by atoms with van der Waals surface area (Å²) >= 11 is 6.66. The molecule has 2 aromatic rings. The summed E-state index contributed by atoms with van der Waals surface area (Å²) < 4.78 is 29.6. The van der Waals surface area contributed by atoms with Crippen molar-refractivity contribution in [2.45, 2.75) is 11.5 Å². The van der Waals surface area contributed by atoms with Gasteiger partial charge in [0, 0.05) is 4.47 Å². The fourth-order valence-corrected chi connectivity index (χ4v) is 3.19. The summed E-state index contributed by atoms with van der Waals surface area (Å²) in [5.41, 5.74) is 1.00. The van der Waals surface area contributed by atoms with E-state index >= 15 is 0 Å². The third-order valence-corrected chi connectivity index (χ3v) is 4.54. The number of sulfonamides is 1. The molecule has 0 aromatic heterocycles. The maximum atomic E-state index is 11.2. The van der Waals surface area contributed by atoms with Crippen molar-refractivity contribution in [3.05, 3.63) is 57.0 Å². The Bertz CT molecular complexity index is 732. The normalized spacial score (nSPS) is 11.3. The molecule has 0 aliphatic heterocycles. The van der Waals surface area contributed by atoms with Crippen LogP contribution in [0.4, 0.5) is 0 Å². The predicted molar refractivity (Wildman–Crippen MR) is 84.0 cm³/mol. The van der Waals surface area contributed by atoms with Gasteiger partial charge in [-0.25, -0.2) is 13.6 Å². The highest BCUT2D eigenvalue weighted by Crippen LogP contribution is 2.28. The number of ether oxygens (including phenoxy) is 1. The average Bonchev–Trinajstić information content (AvgIpc) is 2.36. The van der Waals surface area contributed by atoms with Crippen LogP contribution < -0.4 is 9.88 Å². The molecule has 0 saturated carbocycles. The Hall–Kier alpha value is -0.890. The average molecular weight is 421 g/mol. The van der Waals surface area contributed by atoms with Gasteiger partial charge in [-0.1, -0.05) is 28.1 Å². The van der Waals surface area contributed by atoms with E-state index in [-0.39, 0.29) is 4.90 Å². The van der Waals surface area contributed by atoms with E-state index in [4.69, 9.17) is 9.88 Å². The summed E-state index contributed by atoms with van der Waals surface area (Å²) in [6.07, 6.45) is 0. The van der Waals surface area contributed by atoms with Crippen molar-refractivity contribution in [1.82, 2.24) is 0 Å². The SMILES string of the molecule is NS(=O)(=O)c1ccc(OCc2cccc(Br)c2)c(Br)c1. The van der Waals surface area contributed by atoms with Gasteiger partial charge < -0.3 is 4.74 Å². The van der Waals surface area contributed by atoms with E-state index in [0.717, 1.165) is 10.0 Å². The van der Waals surface area contributed by atoms with Crippen LogP contribution in [0.15, 0.2) is 56.3 Å². The highest BCUT2D eigenvalue weighted by molar-refractivity contribution is 9.10. The molecule has 0 radical (unpaired) electrons. The van der Waals surface area contributed by atoms with Gasteiger partial charge >= 0.3 is 0 Å². The van der Waals surface area contributed by atoms with Crippen molar-refractivity contribution in [1.29, 1.82) is 0 Å². The van der Waals surface area contributed by atoms with E-state index in [9.17, 15) is 8.42 Å². The minimum atomic E-state index is -3.71. The monoisotopic (exact) mass is 419 g/mol. The van der Waals surface area contributed by atoms with Crippen LogP contribution in [0.3, 0.4) is 0 Å². The molecular formula is C13H11Br2NO3S. The second-order valence-electron chi connectivity index (χ2n) is 4.06. The first-order chi connectivity index (χ1) is 9.36. The van der Waals surface area contributed by atoms with Crippen molar-refractivity contribution in [2.24, 2.45) is 5.14 Å². The van der Waals surface area contributed by atoms with Crippen LogP contribution >= 0.6 is 31.9 Å². The smallest absolute Gasteiger partial charge is 0.238 e. The molecule has 0 saturated heterocycles. The van der Waals surface area contributed by atoms with Crippen LogP contribution in [0.25, 0.3) is 0 Å². The molecule has 0 atom stereocenters. The zero-order valence-corrected chi connectivity index (χ0v) is 14.2. The first-order valence-corrected chi connectivity index (χ1v) is 8.69. The Kier molecular flexibility index (Phi) is 4.85. The molecule has 0 amide bonds. The van der Waals surface area contributed by atoms with E-state index in [1.54, 1.807) is 6.07 Å². The Morgan fingerprint density at radius 1 is 1.10 bits per heavy atom. The molecule has 2 aromatic carbocycles. The van der Waals surface area contributed by atoms with Gasteiger partial charge in [0.1, 0.15) is 12.4 Å². The van der Waals surface area contributed by atoms with Crippen molar-refractivity contribution in [2.75, 3.05) is 0 Å². The van der Waals surface area contributed by atoms with Crippen LogP contribution in [-0.2, 0) is 16.6 Å². The van der Waals surface area contributed by atoms with E-state index in [1.165, 1.54) is 12.1 Å². The van der Waals surface area contributed by atoms with Crippen molar-refractivity contribution < 1.29 is 13.2 Å². The number of benzene rings is 2. The zero-order chi connectivity index (χ0) is 14.8. The molecule has 0 aliphatic carbocycles. The first kappa shape index (κ1) is 15.5. The zero-order valence-electron chi connectivity index (χ0n) is 10.2. The number of rotatable bonds is 4. The summed E-state index contributed by atoms with van der Waals surface area (Å²) in [7, 11) is -3.71. The van der Waals surface area contributed by atoms with Crippen molar-refractivity contribution >= 4 is 41.9 Å². The number of nitrogens with two attached hydrogens (primary N) is 1.